The second-order valence-electron chi connectivity index (χ2n) is 8.47. The van der Waals surface area contributed by atoms with Crippen molar-refractivity contribution in [2.24, 2.45) is 0 Å². The van der Waals surface area contributed by atoms with Gasteiger partial charge in [-0.1, -0.05) is 65.7 Å². The van der Waals surface area contributed by atoms with Crippen molar-refractivity contribution in [1.82, 2.24) is 3.97 Å². The smallest absolute Gasteiger partial charge is 0.237 e. The van der Waals surface area contributed by atoms with Gasteiger partial charge in [0.15, 0.2) is 0 Å². The van der Waals surface area contributed by atoms with Gasteiger partial charge in [-0.25, -0.2) is 12.4 Å². The number of hydrogen-bond donors (Lipinski definition) is 0. The predicted octanol–water partition coefficient (Wildman–Crippen LogP) is 6.07. The molecule has 0 amide bonds. The molecule has 1 fully saturated rings. The van der Waals surface area contributed by atoms with Gasteiger partial charge in [0.1, 0.15) is 0 Å². The Morgan fingerprint density at radius 1 is 0.767 bits per heavy atom. The summed E-state index contributed by atoms with van der Waals surface area (Å²) >= 11 is 0. The highest BCUT2D eigenvalue weighted by Crippen LogP contribution is 2.57. The summed E-state index contributed by atoms with van der Waals surface area (Å²) in [5.41, 5.74) is 6.34. The summed E-state index contributed by atoms with van der Waals surface area (Å²) in [6.45, 7) is 6.11. The van der Waals surface area contributed by atoms with E-state index in [0.29, 0.717) is 10.8 Å². The standard InChI is InChI=1S/C26H25NO2S/c1-17-8-12-20(13-9-17)23-16-24(23)26-19(3)22-6-4-5-7-25(22)27(26)30(28,29)21-14-10-18(2)11-15-21/h4-15,23-24H,16H2,1-3H3/t23-,24-/m0/s1. The van der Waals surface area contributed by atoms with Gasteiger partial charge in [0.2, 0.25) is 0 Å². The van der Waals surface area contributed by atoms with Crippen molar-refractivity contribution in [3.63, 3.8) is 0 Å². The van der Waals surface area contributed by atoms with Crippen LogP contribution in [0, 0.1) is 20.8 Å². The zero-order valence-corrected chi connectivity index (χ0v) is 18.3. The number of hydrogen-bond acceptors (Lipinski definition) is 2. The number of nitrogens with zero attached hydrogens (tertiary/aromatic N) is 1. The molecule has 1 aliphatic carbocycles. The van der Waals surface area contributed by atoms with E-state index in [2.05, 4.69) is 38.1 Å². The quantitative estimate of drug-likeness (QED) is 0.405. The van der Waals surface area contributed by atoms with E-state index in [1.165, 1.54) is 11.1 Å². The van der Waals surface area contributed by atoms with Crippen molar-refractivity contribution in [2.75, 3.05) is 0 Å². The zero-order valence-electron chi connectivity index (χ0n) is 17.5. The summed E-state index contributed by atoms with van der Waals surface area (Å²) in [5, 5.41) is 1.01. The van der Waals surface area contributed by atoms with Crippen LogP contribution in [0.25, 0.3) is 10.9 Å². The summed E-state index contributed by atoms with van der Waals surface area (Å²) < 4.78 is 29.2. The molecule has 152 valence electrons. The van der Waals surface area contributed by atoms with Crippen molar-refractivity contribution < 1.29 is 8.42 Å². The number of aryl methyl sites for hydroxylation is 3. The first kappa shape index (κ1) is 19.1. The Balaban J connectivity index is 1.69. The van der Waals surface area contributed by atoms with Crippen LogP contribution >= 0.6 is 0 Å². The van der Waals surface area contributed by atoms with Gasteiger partial charge in [-0.2, -0.15) is 0 Å². The van der Waals surface area contributed by atoms with E-state index in [4.69, 9.17) is 0 Å². The lowest BCUT2D eigenvalue weighted by Crippen LogP contribution is -2.16. The summed E-state index contributed by atoms with van der Waals surface area (Å²) in [6.07, 6.45) is 0.976. The second kappa shape index (κ2) is 6.85. The van der Waals surface area contributed by atoms with E-state index < -0.39 is 10.0 Å². The van der Waals surface area contributed by atoms with E-state index in [-0.39, 0.29) is 5.92 Å². The van der Waals surface area contributed by atoms with Crippen molar-refractivity contribution in [3.8, 4) is 0 Å². The van der Waals surface area contributed by atoms with Crippen LogP contribution in [0.15, 0.2) is 77.7 Å². The minimum atomic E-state index is -3.69. The average Bonchev–Trinajstić information content (AvgIpc) is 3.46. The summed E-state index contributed by atoms with van der Waals surface area (Å²) in [6, 6.07) is 23.6. The van der Waals surface area contributed by atoms with Crippen molar-refractivity contribution >= 4 is 20.9 Å². The molecule has 0 N–H and O–H groups in total. The molecule has 5 rings (SSSR count). The molecule has 3 aromatic carbocycles. The van der Waals surface area contributed by atoms with Crippen LogP contribution < -0.4 is 0 Å². The van der Waals surface area contributed by atoms with E-state index in [0.717, 1.165) is 34.1 Å². The number of benzene rings is 3. The molecule has 1 heterocycles. The highest BCUT2D eigenvalue weighted by molar-refractivity contribution is 7.90. The third kappa shape index (κ3) is 2.98. The molecule has 30 heavy (non-hydrogen) atoms. The van der Waals surface area contributed by atoms with Crippen molar-refractivity contribution in [1.29, 1.82) is 0 Å². The molecule has 0 spiro atoms. The molecule has 3 nitrogen and oxygen atoms in total. The topological polar surface area (TPSA) is 39.1 Å². The third-order valence-electron chi connectivity index (χ3n) is 6.34. The molecule has 1 saturated carbocycles. The Bertz CT molecular complexity index is 1350. The minimum absolute atomic E-state index is 0.209. The highest BCUT2D eigenvalue weighted by atomic mass is 32.2. The monoisotopic (exact) mass is 415 g/mol. The molecule has 2 atom stereocenters. The molecule has 1 aliphatic rings. The van der Waals surface area contributed by atoms with Gasteiger partial charge in [-0.15, -0.1) is 0 Å². The lowest BCUT2D eigenvalue weighted by molar-refractivity contribution is 0.586. The van der Waals surface area contributed by atoms with Gasteiger partial charge in [0, 0.05) is 17.0 Å². The molecule has 0 aliphatic heterocycles. The van der Waals surface area contributed by atoms with Gasteiger partial charge >= 0.3 is 0 Å². The molecule has 0 bridgehead atoms. The van der Waals surface area contributed by atoms with Crippen LogP contribution in [-0.2, 0) is 10.0 Å². The lowest BCUT2D eigenvalue weighted by atomic mass is 10.0. The molecule has 4 heteroatoms. The molecule has 0 unspecified atom stereocenters. The highest BCUT2D eigenvalue weighted by Gasteiger charge is 2.44. The van der Waals surface area contributed by atoms with Gasteiger partial charge in [-0.05, 0) is 62.4 Å². The molecular formula is C26H25NO2S. The molecular weight excluding hydrogens is 390 g/mol. The Labute approximate surface area is 178 Å². The first-order valence-electron chi connectivity index (χ1n) is 10.4. The van der Waals surface area contributed by atoms with E-state index in [1.807, 2.05) is 43.3 Å². The van der Waals surface area contributed by atoms with Gasteiger partial charge in [0.05, 0.1) is 10.4 Å². The lowest BCUT2D eigenvalue weighted by Gasteiger charge is -2.13. The van der Waals surface area contributed by atoms with Crippen molar-refractivity contribution in [3.05, 3.63) is 101 Å². The van der Waals surface area contributed by atoms with Gasteiger partial charge in [0.25, 0.3) is 10.0 Å². The summed E-state index contributed by atoms with van der Waals surface area (Å²) in [5.74, 6) is 0.570. The van der Waals surface area contributed by atoms with Crippen LogP contribution in [0.2, 0.25) is 0 Å². The van der Waals surface area contributed by atoms with Crippen LogP contribution in [-0.4, -0.2) is 12.4 Å². The average molecular weight is 416 g/mol. The number of aromatic nitrogens is 1. The van der Waals surface area contributed by atoms with Crippen molar-refractivity contribution in [2.45, 2.75) is 43.9 Å². The fourth-order valence-electron chi connectivity index (χ4n) is 4.57. The molecule has 0 saturated heterocycles. The zero-order chi connectivity index (χ0) is 21.0. The second-order valence-corrected chi connectivity index (χ2v) is 10.3. The Hall–Kier alpha value is -2.85. The van der Waals surface area contributed by atoms with Gasteiger partial charge < -0.3 is 0 Å². The van der Waals surface area contributed by atoms with Crippen LogP contribution in [0.1, 0.15) is 46.2 Å². The summed E-state index contributed by atoms with van der Waals surface area (Å²) in [7, 11) is -3.69. The van der Waals surface area contributed by atoms with Gasteiger partial charge in [-0.3, -0.25) is 0 Å². The number of fused-ring (bicyclic) bond motifs is 1. The largest absolute Gasteiger partial charge is 0.268 e. The fraction of sp³-hybridized carbons (Fsp3) is 0.231. The van der Waals surface area contributed by atoms with Crippen LogP contribution in [0.5, 0.6) is 0 Å². The Morgan fingerprint density at radius 2 is 1.37 bits per heavy atom. The number of para-hydroxylation sites is 1. The molecule has 0 radical (unpaired) electrons. The fourth-order valence-corrected chi connectivity index (χ4v) is 6.21. The van der Waals surface area contributed by atoms with Crippen LogP contribution in [0.4, 0.5) is 0 Å². The van der Waals surface area contributed by atoms with E-state index in [1.54, 1.807) is 16.1 Å². The Morgan fingerprint density at radius 3 is 2.03 bits per heavy atom. The Kier molecular flexibility index (Phi) is 4.37. The minimum Gasteiger partial charge on any atom is -0.237 e. The third-order valence-corrected chi connectivity index (χ3v) is 8.08. The maximum atomic E-state index is 13.8. The van der Waals surface area contributed by atoms with E-state index >= 15 is 0 Å². The predicted molar refractivity (Wildman–Crippen MR) is 122 cm³/mol. The maximum Gasteiger partial charge on any atom is 0.268 e. The summed E-state index contributed by atoms with van der Waals surface area (Å²) in [4.78, 5) is 0.336. The van der Waals surface area contributed by atoms with E-state index in [9.17, 15) is 8.42 Å². The SMILES string of the molecule is Cc1ccc([C@@H]2C[C@@H]2c2c(C)c3ccccc3n2S(=O)(=O)c2ccc(C)cc2)cc1. The maximum absolute atomic E-state index is 13.8. The first-order valence-corrected chi connectivity index (χ1v) is 11.8. The normalized spacial score (nSPS) is 18.6. The van der Waals surface area contributed by atoms with Crippen LogP contribution in [0.3, 0.4) is 0 Å². The molecule has 1 aromatic heterocycles. The number of rotatable bonds is 4. The first-order chi connectivity index (χ1) is 14.4. The molecule has 4 aromatic rings.